The lowest BCUT2D eigenvalue weighted by Crippen LogP contribution is -2.17. The van der Waals surface area contributed by atoms with E-state index in [-0.39, 0.29) is 0 Å². The normalized spacial score (nSPS) is 13.1. The lowest BCUT2D eigenvalue weighted by Gasteiger charge is -2.19. The summed E-state index contributed by atoms with van der Waals surface area (Å²) in [5, 5.41) is 0. The Labute approximate surface area is 82.4 Å². The van der Waals surface area contributed by atoms with Crippen molar-refractivity contribution in [2.75, 3.05) is 13.6 Å². The minimum atomic E-state index is 1.08. The highest BCUT2D eigenvalue weighted by Gasteiger charge is 1.96. The smallest absolute Gasteiger partial charge is 0.0317 e. The van der Waals surface area contributed by atoms with Crippen molar-refractivity contribution >= 4 is 0 Å². The van der Waals surface area contributed by atoms with E-state index in [9.17, 15) is 0 Å². The molecule has 74 valence electrons. The zero-order valence-corrected chi connectivity index (χ0v) is 9.25. The van der Waals surface area contributed by atoms with Crippen molar-refractivity contribution in [1.82, 2.24) is 4.90 Å². The summed E-state index contributed by atoms with van der Waals surface area (Å²) >= 11 is 0. The van der Waals surface area contributed by atoms with Crippen LogP contribution in [0.1, 0.15) is 27.2 Å². The van der Waals surface area contributed by atoms with Gasteiger partial charge in [-0.25, -0.2) is 0 Å². The molecule has 0 aliphatic carbocycles. The van der Waals surface area contributed by atoms with Crippen LogP contribution in [0.15, 0.2) is 36.1 Å². The molecule has 0 radical (unpaired) electrons. The molecule has 0 spiro atoms. The largest absolute Gasteiger partial charge is 0.375 e. The second kappa shape index (κ2) is 7.66. The molecule has 0 aliphatic rings. The summed E-state index contributed by atoms with van der Waals surface area (Å²) in [6.45, 7) is 7.25. The van der Waals surface area contributed by atoms with Crippen molar-refractivity contribution in [3.8, 4) is 0 Å². The maximum atomic E-state index is 2.26. The van der Waals surface area contributed by atoms with Crippen LogP contribution in [0.2, 0.25) is 0 Å². The summed E-state index contributed by atoms with van der Waals surface area (Å²) in [5.41, 5.74) is 1.28. The fraction of sp³-hybridized carbons (Fsp3) is 0.500. The van der Waals surface area contributed by atoms with Crippen molar-refractivity contribution in [3.05, 3.63) is 36.1 Å². The van der Waals surface area contributed by atoms with Gasteiger partial charge in [-0.15, -0.1) is 0 Å². The molecule has 0 saturated heterocycles. The lowest BCUT2D eigenvalue weighted by molar-refractivity contribution is 0.438. The predicted octanol–water partition coefficient (Wildman–Crippen LogP) is 3.36. The Morgan fingerprint density at radius 2 is 1.85 bits per heavy atom. The van der Waals surface area contributed by atoms with Crippen molar-refractivity contribution < 1.29 is 0 Å². The Morgan fingerprint density at radius 3 is 2.31 bits per heavy atom. The molecule has 0 aromatic heterocycles. The molecule has 0 amide bonds. The monoisotopic (exact) mass is 179 g/mol. The van der Waals surface area contributed by atoms with E-state index in [2.05, 4.69) is 56.2 Å². The van der Waals surface area contributed by atoms with Crippen LogP contribution in [0.3, 0.4) is 0 Å². The van der Waals surface area contributed by atoms with Crippen molar-refractivity contribution in [2.24, 2.45) is 0 Å². The molecule has 0 aromatic carbocycles. The minimum absolute atomic E-state index is 1.08. The first kappa shape index (κ1) is 12.0. The third kappa shape index (κ3) is 5.29. The summed E-state index contributed by atoms with van der Waals surface area (Å²) < 4.78 is 0. The van der Waals surface area contributed by atoms with Gasteiger partial charge in [-0.3, -0.25) is 0 Å². The van der Waals surface area contributed by atoms with Gasteiger partial charge < -0.3 is 4.90 Å². The summed E-state index contributed by atoms with van der Waals surface area (Å²) in [5.74, 6) is 0. The molecule has 0 aromatic rings. The van der Waals surface area contributed by atoms with Crippen molar-refractivity contribution in [3.63, 3.8) is 0 Å². The summed E-state index contributed by atoms with van der Waals surface area (Å²) in [6, 6.07) is 0. The van der Waals surface area contributed by atoms with E-state index in [0.29, 0.717) is 0 Å². The third-order valence-electron chi connectivity index (χ3n) is 1.94. The van der Waals surface area contributed by atoms with Gasteiger partial charge in [0.25, 0.3) is 0 Å². The second-order valence-electron chi connectivity index (χ2n) is 2.99. The number of hydrogen-bond acceptors (Lipinski definition) is 1. The first-order chi connectivity index (χ1) is 6.26. The number of nitrogens with zero attached hydrogens (tertiary/aromatic N) is 1. The molecule has 1 heteroatoms. The van der Waals surface area contributed by atoms with E-state index in [0.717, 1.165) is 13.0 Å². The second-order valence-corrected chi connectivity index (χ2v) is 2.99. The zero-order valence-electron chi connectivity index (χ0n) is 9.25. The fourth-order valence-electron chi connectivity index (χ4n) is 1.18. The predicted molar refractivity (Wildman–Crippen MR) is 60.6 cm³/mol. The molecule has 0 unspecified atom stereocenters. The van der Waals surface area contributed by atoms with Gasteiger partial charge in [-0.05, 0) is 33.3 Å². The van der Waals surface area contributed by atoms with Gasteiger partial charge in [-0.2, -0.15) is 0 Å². The first-order valence-corrected chi connectivity index (χ1v) is 4.87. The van der Waals surface area contributed by atoms with Gasteiger partial charge in [-0.1, -0.05) is 24.3 Å². The molecule has 0 fully saturated rings. The maximum Gasteiger partial charge on any atom is 0.0317 e. The summed E-state index contributed by atoms with van der Waals surface area (Å²) in [7, 11) is 2.12. The van der Waals surface area contributed by atoms with Crippen molar-refractivity contribution in [1.29, 1.82) is 0 Å². The number of allylic oxidation sites excluding steroid dienone is 4. The number of likely N-dealkylation sites (N-methyl/N-ethyl adjacent to an activating group) is 1. The topological polar surface area (TPSA) is 3.24 Å². The Kier molecular flexibility index (Phi) is 7.08. The third-order valence-corrected chi connectivity index (χ3v) is 1.94. The molecule has 0 N–H and O–H groups in total. The maximum absolute atomic E-state index is 2.26. The van der Waals surface area contributed by atoms with Gasteiger partial charge in [0.05, 0.1) is 0 Å². The van der Waals surface area contributed by atoms with E-state index in [1.807, 2.05) is 6.92 Å². The highest BCUT2D eigenvalue weighted by molar-refractivity contribution is 5.15. The highest BCUT2D eigenvalue weighted by atomic mass is 15.1. The molecule has 13 heavy (non-hydrogen) atoms. The lowest BCUT2D eigenvalue weighted by atomic mass is 10.3. The van der Waals surface area contributed by atoms with Crippen LogP contribution in [0.4, 0.5) is 0 Å². The van der Waals surface area contributed by atoms with E-state index in [1.54, 1.807) is 0 Å². The van der Waals surface area contributed by atoms with E-state index in [1.165, 1.54) is 5.70 Å². The number of rotatable bonds is 5. The van der Waals surface area contributed by atoms with Gasteiger partial charge in [0, 0.05) is 19.3 Å². The van der Waals surface area contributed by atoms with Crippen LogP contribution >= 0.6 is 0 Å². The molecule has 0 saturated carbocycles. The molecule has 0 bridgehead atoms. The van der Waals surface area contributed by atoms with Crippen LogP contribution < -0.4 is 0 Å². The quantitative estimate of drug-likeness (QED) is 0.462. The average molecular weight is 179 g/mol. The van der Waals surface area contributed by atoms with Crippen LogP contribution in [0.25, 0.3) is 0 Å². The van der Waals surface area contributed by atoms with Crippen LogP contribution in [-0.2, 0) is 0 Å². The average Bonchev–Trinajstić information content (AvgIpc) is 2.14. The molecular weight excluding hydrogens is 158 g/mol. The van der Waals surface area contributed by atoms with Gasteiger partial charge in [0.15, 0.2) is 0 Å². The molecular formula is C12H21N. The van der Waals surface area contributed by atoms with E-state index >= 15 is 0 Å². The Balaban J connectivity index is 3.99. The van der Waals surface area contributed by atoms with Gasteiger partial charge >= 0.3 is 0 Å². The van der Waals surface area contributed by atoms with Crippen LogP contribution in [0, 0.1) is 0 Å². The molecule has 0 rings (SSSR count). The van der Waals surface area contributed by atoms with Crippen LogP contribution in [-0.4, -0.2) is 18.5 Å². The SMILES string of the molecule is C/C=C\CCN(C)C(/C=C\C)=C/C. The standard InChI is InChI=1S/C12H21N/c1-5-8-9-11-13(4)12(7-3)10-6-2/h5-8,10H,9,11H2,1-4H3/b8-5-,10-6-,12-7+. The highest BCUT2D eigenvalue weighted by Crippen LogP contribution is 2.04. The zero-order chi connectivity index (χ0) is 10.1. The first-order valence-electron chi connectivity index (χ1n) is 4.87. The Hall–Kier alpha value is -0.980. The van der Waals surface area contributed by atoms with E-state index in [4.69, 9.17) is 0 Å². The summed E-state index contributed by atoms with van der Waals surface area (Å²) in [6.07, 6.45) is 11.7. The Bertz CT molecular complexity index is 199. The molecule has 1 nitrogen and oxygen atoms in total. The molecule has 0 aliphatic heterocycles. The fourth-order valence-corrected chi connectivity index (χ4v) is 1.18. The van der Waals surface area contributed by atoms with E-state index < -0.39 is 0 Å². The molecule has 0 heterocycles. The Morgan fingerprint density at radius 1 is 1.15 bits per heavy atom. The number of hydrogen-bond donors (Lipinski definition) is 0. The van der Waals surface area contributed by atoms with Crippen molar-refractivity contribution in [2.45, 2.75) is 27.2 Å². The summed E-state index contributed by atoms with van der Waals surface area (Å²) in [4.78, 5) is 2.26. The van der Waals surface area contributed by atoms with Crippen LogP contribution in [0.5, 0.6) is 0 Å². The minimum Gasteiger partial charge on any atom is -0.375 e. The van der Waals surface area contributed by atoms with Gasteiger partial charge in [0.2, 0.25) is 0 Å². The van der Waals surface area contributed by atoms with Gasteiger partial charge in [0.1, 0.15) is 0 Å². The molecule has 0 atom stereocenters.